The third-order valence-electron chi connectivity index (χ3n) is 5.33. The average molecular weight is 234 g/mol. The van der Waals surface area contributed by atoms with Crippen LogP contribution in [0.3, 0.4) is 0 Å². The zero-order valence-electron chi connectivity index (χ0n) is 11.6. The third kappa shape index (κ3) is 2.22. The summed E-state index contributed by atoms with van der Waals surface area (Å²) in [6.45, 7) is 8.43. The molecule has 0 aromatic rings. The highest BCUT2D eigenvalue weighted by atomic mass is 15.0. The monoisotopic (exact) mass is 234 g/mol. The Bertz CT molecular complexity index is 311. The van der Waals surface area contributed by atoms with Gasteiger partial charge in [0.1, 0.15) is 0 Å². The normalized spacial score (nSPS) is 38.2. The van der Waals surface area contributed by atoms with Crippen molar-refractivity contribution in [2.45, 2.75) is 65.3 Å². The third-order valence-corrected chi connectivity index (χ3v) is 5.33. The molecule has 0 amide bonds. The van der Waals surface area contributed by atoms with Crippen LogP contribution in [0.25, 0.3) is 0 Å². The largest absolute Gasteiger partial charge is 0.313 e. The van der Waals surface area contributed by atoms with E-state index in [1.165, 1.54) is 19.3 Å². The Kier molecular flexibility index (Phi) is 3.50. The first-order valence-corrected chi connectivity index (χ1v) is 7.11. The van der Waals surface area contributed by atoms with E-state index in [2.05, 4.69) is 32.2 Å². The predicted molar refractivity (Wildman–Crippen MR) is 70.5 cm³/mol. The van der Waals surface area contributed by atoms with E-state index in [9.17, 15) is 0 Å². The number of unbranched alkanes of at least 4 members (excludes halogenated alkanes) is 2. The molecule has 0 saturated heterocycles. The molecule has 0 aliphatic heterocycles. The molecule has 2 fully saturated rings. The van der Waals surface area contributed by atoms with Gasteiger partial charge in [-0.2, -0.15) is 5.26 Å². The quantitative estimate of drug-likeness (QED) is 0.739. The molecule has 0 aromatic heterocycles. The smallest absolute Gasteiger partial charge is 0.0621 e. The van der Waals surface area contributed by atoms with E-state index in [1.807, 2.05) is 0 Å². The fourth-order valence-corrected chi connectivity index (χ4v) is 4.39. The Morgan fingerprint density at radius 1 is 1.29 bits per heavy atom. The molecule has 3 atom stereocenters. The second-order valence-corrected chi connectivity index (χ2v) is 6.92. The lowest BCUT2D eigenvalue weighted by atomic mass is 9.68. The molecule has 0 aromatic carbocycles. The van der Waals surface area contributed by atoms with E-state index >= 15 is 0 Å². The van der Waals surface area contributed by atoms with Crippen molar-refractivity contribution in [3.63, 3.8) is 0 Å². The summed E-state index contributed by atoms with van der Waals surface area (Å²) in [5, 5.41) is 12.3. The van der Waals surface area contributed by atoms with Crippen LogP contribution in [0.2, 0.25) is 0 Å². The highest BCUT2D eigenvalue weighted by Crippen LogP contribution is 2.62. The van der Waals surface area contributed by atoms with Gasteiger partial charge in [-0.25, -0.2) is 0 Å². The number of fused-ring (bicyclic) bond motifs is 2. The van der Waals surface area contributed by atoms with E-state index in [4.69, 9.17) is 5.26 Å². The fraction of sp³-hybridized carbons (Fsp3) is 0.933. The SMILES string of the molecule is CC12CCC(C1)C(C)(C)C2NCCCCC#N. The minimum atomic E-state index is 0.461. The second kappa shape index (κ2) is 4.61. The molecule has 2 nitrogen and oxygen atoms in total. The van der Waals surface area contributed by atoms with Crippen LogP contribution in [0, 0.1) is 28.1 Å². The van der Waals surface area contributed by atoms with Gasteiger partial charge in [-0.3, -0.25) is 0 Å². The van der Waals surface area contributed by atoms with Crippen LogP contribution in [0.15, 0.2) is 0 Å². The van der Waals surface area contributed by atoms with Gasteiger partial charge in [-0.15, -0.1) is 0 Å². The van der Waals surface area contributed by atoms with E-state index < -0.39 is 0 Å². The Morgan fingerprint density at radius 3 is 2.65 bits per heavy atom. The minimum Gasteiger partial charge on any atom is -0.313 e. The maximum absolute atomic E-state index is 8.52. The summed E-state index contributed by atoms with van der Waals surface area (Å²) in [6, 6.07) is 2.90. The molecule has 1 N–H and O–H groups in total. The number of hydrogen-bond acceptors (Lipinski definition) is 2. The van der Waals surface area contributed by atoms with Crippen LogP contribution < -0.4 is 5.32 Å². The van der Waals surface area contributed by atoms with Crippen LogP contribution in [-0.4, -0.2) is 12.6 Å². The second-order valence-electron chi connectivity index (χ2n) is 6.92. The van der Waals surface area contributed by atoms with Crippen molar-refractivity contribution < 1.29 is 0 Å². The standard InChI is InChI=1S/C15H26N2/c1-14(2)12-7-8-15(3,11-12)13(14)17-10-6-4-5-9-16/h12-13,17H,4-8,10-11H2,1-3H3. The maximum atomic E-state index is 8.52. The lowest BCUT2D eigenvalue weighted by Gasteiger charge is -2.43. The number of nitrogens with zero attached hydrogens (tertiary/aromatic N) is 1. The van der Waals surface area contributed by atoms with Crippen LogP contribution in [0.1, 0.15) is 59.3 Å². The molecule has 2 aliphatic rings. The molecule has 17 heavy (non-hydrogen) atoms. The van der Waals surface area contributed by atoms with Crippen molar-refractivity contribution in [3.05, 3.63) is 0 Å². The Balaban J connectivity index is 1.86. The molecular formula is C15H26N2. The lowest BCUT2D eigenvalue weighted by Crippen LogP contribution is -2.50. The molecule has 2 aliphatic carbocycles. The zero-order chi connectivity index (χ0) is 12.5. The molecule has 0 spiro atoms. The maximum Gasteiger partial charge on any atom is 0.0621 e. The van der Waals surface area contributed by atoms with Gasteiger partial charge in [-0.1, -0.05) is 20.8 Å². The predicted octanol–water partition coefficient (Wildman–Crippen LogP) is 3.48. The summed E-state index contributed by atoms with van der Waals surface area (Å²) in [7, 11) is 0. The van der Waals surface area contributed by atoms with Gasteiger partial charge in [-0.05, 0) is 55.4 Å². The minimum absolute atomic E-state index is 0.461. The van der Waals surface area contributed by atoms with E-state index in [-0.39, 0.29) is 0 Å². The van der Waals surface area contributed by atoms with Crippen molar-refractivity contribution in [1.29, 1.82) is 5.26 Å². The molecule has 0 radical (unpaired) electrons. The van der Waals surface area contributed by atoms with E-state index in [0.29, 0.717) is 23.3 Å². The molecule has 2 rings (SSSR count). The van der Waals surface area contributed by atoms with Gasteiger partial charge in [0.2, 0.25) is 0 Å². The van der Waals surface area contributed by atoms with Crippen molar-refractivity contribution >= 4 is 0 Å². The molecular weight excluding hydrogens is 208 g/mol. The molecule has 0 heterocycles. The Labute approximate surface area is 106 Å². The summed E-state index contributed by atoms with van der Waals surface area (Å²) in [5.41, 5.74) is 0.992. The van der Waals surface area contributed by atoms with Gasteiger partial charge in [0.05, 0.1) is 6.07 Å². The lowest BCUT2D eigenvalue weighted by molar-refractivity contribution is 0.109. The number of hydrogen-bond donors (Lipinski definition) is 1. The van der Waals surface area contributed by atoms with E-state index in [0.717, 1.165) is 25.3 Å². The van der Waals surface area contributed by atoms with Crippen molar-refractivity contribution in [2.75, 3.05) is 6.54 Å². The summed E-state index contributed by atoms with van der Waals surface area (Å²) in [6.07, 6.45) is 7.12. The van der Waals surface area contributed by atoms with Crippen LogP contribution in [0.5, 0.6) is 0 Å². The number of nitriles is 1. The van der Waals surface area contributed by atoms with E-state index in [1.54, 1.807) is 0 Å². The molecule has 3 unspecified atom stereocenters. The van der Waals surface area contributed by atoms with Crippen LogP contribution in [0.4, 0.5) is 0 Å². The van der Waals surface area contributed by atoms with Gasteiger partial charge in [0.15, 0.2) is 0 Å². The average Bonchev–Trinajstić information content (AvgIpc) is 2.73. The summed E-state index contributed by atoms with van der Waals surface area (Å²) >= 11 is 0. The Hall–Kier alpha value is -0.550. The summed E-state index contributed by atoms with van der Waals surface area (Å²) < 4.78 is 0. The first kappa shape index (κ1) is 12.9. The van der Waals surface area contributed by atoms with Crippen LogP contribution >= 0.6 is 0 Å². The van der Waals surface area contributed by atoms with Crippen molar-refractivity contribution in [3.8, 4) is 6.07 Å². The van der Waals surface area contributed by atoms with Crippen molar-refractivity contribution in [1.82, 2.24) is 5.32 Å². The summed E-state index contributed by atoms with van der Waals surface area (Å²) in [4.78, 5) is 0. The highest BCUT2D eigenvalue weighted by Gasteiger charge is 2.58. The number of rotatable bonds is 5. The first-order valence-electron chi connectivity index (χ1n) is 7.11. The highest BCUT2D eigenvalue weighted by molar-refractivity contribution is 5.11. The van der Waals surface area contributed by atoms with Crippen LogP contribution in [-0.2, 0) is 0 Å². The van der Waals surface area contributed by atoms with Crippen molar-refractivity contribution in [2.24, 2.45) is 16.7 Å². The van der Waals surface area contributed by atoms with Gasteiger partial charge in [0.25, 0.3) is 0 Å². The molecule has 96 valence electrons. The molecule has 2 heteroatoms. The molecule has 2 saturated carbocycles. The first-order chi connectivity index (χ1) is 8.00. The fourth-order valence-electron chi connectivity index (χ4n) is 4.39. The van der Waals surface area contributed by atoms with Gasteiger partial charge < -0.3 is 5.32 Å². The zero-order valence-corrected chi connectivity index (χ0v) is 11.6. The van der Waals surface area contributed by atoms with Gasteiger partial charge in [0, 0.05) is 12.5 Å². The molecule has 2 bridgehead atoms. The Morgan fingerprint density at radius 2 is 2.06 bits per heavy atom. The number of nitrogens with one attached hydrogen (secondary N) is 1. The summed E-state index contributed by atoms with van der Waals surface area (Å²) in [5.74, 6) is 0.920. The van der Waals surface area contributed by atoms with Gasteiger partial charge >= 0.3 is 0 Å². The topological polar surface area (TPSA) is 35.8 Å².